The highest BCUT2D eigenvalue weighted by Gasteiger charge is 2.34. The number of unbranched alkanes of at least 4 members (excludes halogenated alkanes) is 10. The Morgan fingerprint density at radius 1 is 0.920 bits per heavy atom. The van der Waals surface area contributed by atoms with Crippen LogP contribution in [0.15, 0.2) is 17.1 Å². The van der Waals surface area contributed by atoms with E-state index in [0.717, 1.165) is 37.1 Å². The van der Waals surface area contributed by atoms with Crippen LogP contribution < -0.4 is 0 Å². The first kappa shape index (κ1) is 22.4. The molecule has 1 atom stereocenters. The lowest BCUT2D eigenvalue weighted by Crippen LogP contribution is -2.52. The number of aliphatic hydroxyl groups is 1. The van der Waals surface area contributed by atoms with Gasteiger partial charge in [-0.2, -0.15) is 0 Å². The first-order chi connectivity index (χ1) is 12.3. The second-order valence-corrected chi connectivity index (χ2v) is 7.58. The molecule has 1 aliphatic heterocycles. The number of hydrogen-bond acceptors (Lipinski definition) is 2. The number of quaternary nitrogens is 1. The van der Waals surface area contributed by atoms with E-state index in [1.165, 1.54) is 76.5 Å². The number of aliphatic imine (C=N–C) groups is 1. The zero-order valence-corrected chi connectivity index (χ0v) is 17.0. The van der Waals surface area contributed by atoms with Crippen molar-refractivity contribution in [2.75, 3.05) is 32.8 Å². The van der Waals surface area contributed by atoms with Crippen LogP contribution in [0.1, 0.15) is 90.9 Å². The normalized spacial score (nSPS) is 20.5. The smallest absolute Gasteiger partial charge is 0.202 e. The molecule has 0 aromatic heterocycles. The minimum absolute atomic E-state index is 0.259. The molecule has 1 aliphatic rings. The van der Waals surface area contributed by atoms with Gasteiger partial charge in [0.2, 0.25) is 5.84 Å². The Labute approximate surface area is 156 Å². The number of amidine groups is 1. The van der Waals surface area contributed by atoms with Gasteiger partial charge in [-0.1, -0.05) is 76.9 Å². The molecule has 0 saturated carbocycles. The largest absolute Gasteiger partial charge is 0.390 e. The third-order valence-corrected chi connectivity index (χ3v) is 5.69. The SMILES string of the molecule is CCCCCCCCCCCC/C=C/CC1=NCC[N+]1(CC)CCO. The van der Waals surface area contributed by atoms with Crippen molar-refractivity contribution in [1.29, 1.82) is 0 Å². The van der Waals surface area contributed by atoms with Crippen molar-refractivity contribution in [1.82, 2.24) is 0 Å². The maximum absolute atomic E-state index is 9.34. The summed E-state index contributed by atoms with van der Waals surface area (Å²) >= 11 is 0. The average molecular weight is 352 g/mol. The van der Waals surface area contributed by atoms with Crippen molar-refractivity contribution < 1.29 is 9.59 Å². The van der Waals surface area contributed by atoms with E-state index in [1.54, 1.807) is 0 Å². The number of likely N-dealkylation sites (N-methyl/N-ethyl adjacent to an activating group) is 1. The summed E-state index contributed by atoms with van der Waals surface area (Å²) in [6, 6.07) is 0. The van der Waals surface area contributed by atoms with Crippen LogP contribution in [0.25, 0.3) is 0 Å². The van der Waals surface area contributed by atoms with Crippen molar-refractivity contribution in [3.8, 4) is 0 Å². The fourth-order valence-electron chi connectivity index (χ4n) is 3.89. The van der Waals surface area contributed by atoms with Crippen molar-refractivity contribution >= 4 is 5.84 Å². The van der Waals surface area contributed by atoms with Crippen molar-refractivity contribution in [3.05, 3.63) is 12.2 Å². The maximum Gasteiger partial charge on any atom is 0.202 e. The summed E-state index contributed by atoms with van der Waals surface area (Å²) in [7, 11) is 0. The summed E-state index contributed by atoms with van der Waals surface area (Å²) in [4.78, 5) is 4.70. The molecule has 1 heterocycles. The Kier molecular flexibility index (Phi) is 13.0. The molecule has 3 nitrogen and oxygen atoms in total. The van der Waals surface area contributed by atoms with Crippen LogP contribution in [-0.2, 0) is 0 Å². The van der Waals surface area contributed by atoms with Gasteiger partial charge in [0.25, 0.3) is 0 Å². The Hall–Kier alpha value is -0.670. The van der Waals surface area contributed by atoms with E-state index >= 15 is 0 Å². The Balaban J connectivity index is 2.01. The summed E-state index contributed by atoms with van der Waals surface area (Å²) in [6.45, 7) is 8.62. The summed E-state index contributed by atoms with van der Waals surface area (Å²) in [6.07, 6.45) is 20.8. The average Bonchev–Trinajstić information content (AvgIpc) is 3.02. The summed E-state index contributed by atoms with van der Waals surface area (Å²) in [5.74, 6) is 1.27. The lowest BCUT2D eigenvalue weighted by atomic mass is 10.1. The van der Waals surface area contributed by atoms with E-state index in [1.807, 2.05) is 0 Å². The maximum atomic E-state index is 9.34. The zero-order chi connectivity index (χ0) is 18.2. The van der Waals surface area contributed by atoms with Crippen molar-refractivity contribution in [2.45, 2.75) is 90.9 Å². The molecule has 146 valence electrons. The Morgan fingerprint density at radius 2 is 1.56 bits per heavy atom. The lowest BCUT2D eigenvalue weighted by Gasteiger charge is -2.32. The van der Waals surface area contributed by atoms with Crippen LogP contribution in [0.4, 0.5) is 0 Å². The lowest BCUT2D eigenvalue weighted by molar-refractivity contribution is -0.834. The molecule has 3 heteroatoms. The molecule has 0 bridgehead atoms. The molecule has 25 heavy (non-hydrogen) atoms. The van der Waals surface area contributed by atoms with Gasteiger partial charge in [-0.3, -0.25) is 4.48 Å². The highest BCUT2D eigenvalue weighted by molar-refractivity contribution is 5.78. The van der Waals surface area contributed by atoms with Gasteiger partial charge in [0.15, 0.2) is 0 Å². The van der Waals surface area contributed by atoms with Crippen LogP contribution in [0, 0.1) is 0 Å². The van der Waals surface area contributed by atoms with Gasteiger partial charge in [-0.05, 0) is 19.8 Å². The third-order valence-electron chi connectivity index (χ3n) is 5.69. The number of aliphatic hydroxyl groups excluding tert-OH is 1. The second kappa shape index (κ2) is 14.5. The molecule has 0 amide bonds. The number of nitrogens with zero attached hydrogens (tertiary/aromatic N) is 2. The monoisotopic (exact) mass is 351 g/mol. The van der Waals surface area contributed by atoms with Crippen molar-refractivity contribution in [3.63, 3.8) is 0 Å². The molecule has 1 rings (SSSR count). The quantitative estimate of drug-likeness (QED) is 0.223. The first-order valence-electron chi connectivity index (χ1n) is 10.9. The molecular formula is C22H43N2O+. The minimum atomic E-state index is 0.259. The van der Waals surface area contributed by atoms with Gasteiger partial charge in [-0.25, -0.2) is 4.99 Å². The van der Waals surface area contributed by atoms with Gasteiger partial charge < -0.3 is 5.11 Å². The van der Waals surface area contributed by atoms with E-state index < -0.39 is 0 Å². The van der Waals surface area contributed by atoms with E-state index in [9.17, 15) is 5.11 Å². The highest BCUT2D eigenvalue weighted by Crippen LogP contribution is 2.18. The van der Waals surface area contributed by atoms with Crippen LogP contribution >= 0.6 is 0 Å². The van der Waals surface area contributed by atoms with E-state index in [4.69, 9.17) is 4.99 Å². The molecule has 0 aliphatic carbocycles. The Morgan fingerprint density at radius 3 is 2.16 bits per heavy atom. The van der Waals surface area contributed by atoms with E-state index in [-0.39, 0.29) is 6.61 Å². The van der Waals surface area contributed by atoms with Crippen molar-refractivity contribution in [2.24, 2.45) is 4.99 Å². The van der Waals surface area contributed by atoms with Crippen LogP contribution in [0.3, 0.4) is 0 Å². The standard InChI is InChI=1S/C22H43N2O/c1-3-5-6-7-8-9-10-11-12-13-14-15-16-17-22-23-18-19-24(22,4-2)20-21-25/h15-16,25H,3-14,17-21H2,1-2H3/q+1/b16-15+. The summed E-state index contributed by atoms with van der Waals surface area (Å²) in [5.41, 5.74) is 0. The topological polar surface area (TPSA) is 32.6 Å². The molecule has 0 spiro atoms. The molecule has 1 N–H and O–H groups in total. The van der Waals surface area contributed by atoms with Gasteiger partial charge in [0, 0.05) is 0 Å². The molecule has 0 aromatic rings. The Bertz CT molecular complexity index is 378. The van der Waals surface area contributed by atoms with Crippen LogP contribution in [0.5, 0.6) is 0 Å². The fourth-order valence-corrected chi connectivity index (χ4v) is 3.89. The summed E-state index contributed by atoms with van der Waals surface area (Å²) < 4.78 is 0.902. The number of hydrogen-bond donors (Lipinski definition) is 1. The fraction of sp³-hybridized carbons (Fsp3) is 0.864. The summed E-state index contributed by atoms with van der Waals surface area (Å²) in [5, 5.41) is 9.34. The van der Waals surface area contributed by atoms with Gasteiger partial charge >= 0.3 is 0 Å². The number of allylic oxidation sites excluding steroid dienone is 1. The predicted octanol–water partition coefficient (Wildman–Crippen LogP) is 5.48. The number of rotatable bonds is 16. The molecule has 0 radical (unpaired) electrons. The van der Waals surface area contributed by atoms with E-state index in [2.05, 4.69) is 26.0 Å². The van der Waals surface area contributed by atoms with Crippen LogP contribution in [-0.4, -0.2) is 48.2 Å². The molecule has 0 saturated heterocycles. The first-order valence-corrected chi connectivity index (χ1v) is 10.9. The minimum Gasteiger partial charge on any atom is -0.390 e. The predicted molar refractivity (Wildman–Crippen MR) is 110 cm³/mol. The molecule has 1 unspecified atom stereocenters. The molecule has 0 aromatic carbocycles. The van der Waals surface area contributed by atoms with Crippen LogP contribution in [0.2, 0.25) is 0 Å². The van der Waals surface area contributed by atoms with Gasteiger partial charge in [0.1, 0.15) is 13.1 Å². The van der Waals surface area contributed by atoms with Gasteiger partial charge in [0.05, 0.1) is 26.1 Å². The van der Waals surface area contributed by atoms with Gasteiger partial charge in [-0.15, -0.1) is 0 Å². The van der Waals surface area contributed by atoms with E-state index in [0.29, 0.717) is 0 Å². The second-order valence-electron chi connectivity index (χ2n) is 7.58. The molecule has 0 fully saturated rings. The molecular weight excluding hydrogens is 308 g/mol. The zero-order valence-electron chi connectivity index (χ0n) is 17.0. The third kappa shape index (κ3) is 9.01. The highest BCUT2D eigenvalue weighted by atomic mass is 16.3.